The number of aliphatic hydroxyl groups is 3. The Morgan fingerprint density at radius 3 is 2.71 bits per heavy atom. The fourth-order valence-electron chi connectivity index (χ4n) is 6.43. The summed E-state index contributed by atoms with van der Waals surface area (Å²) in [6.45, 7) is 12.3. The summed E-state index contributed by atoms with van der Waals surface area (Å²) >= 11 is 0. The molecule has 35 heavy (non-hydrogen) atoms. The number of carbonyl (C=O) groups excluding carboxylic acids is 1. The van der Waals surface area contributed by atoms with Crippen LogP contribution in [0, 0.1) is 11.3 Å². The molecule has 0 bridgehead atoms. The number of carbonyl (C=O) groups is 1. The third kappa shape index (κ3) is 6.36. The van der Waals surface area contributed by atoms with Crippen molar-refractivity contribution in [3.63, 3.8) is 0 Å². The minimum absolute atomic E-state index is 0.0322. The average molecular weight is 487 g/mol. The molecule has 0 aromatic heterocycles. The predicted octanol–water partition coefficient (Wildman–Crippen LogP) is 5.70. The number of allylic oxidation sites excluding steroid dienone is 4. The molecule has 3 N–H and O–H groups in total. The molecule has 2 saturated carbocycles. The summed E-state index contributed by atoms with van der Waals surface area (Å²) in [6, 6.07) is 0. The van der Waals surface area contributed by atoms with E-state index in [4.69, 9.17) is 4.74 Å². The van der Waals surface area contributed by atoms with Gasteiger partial charge in [0.25, 0.3) is 0 Å². The van der Waals surface area contributed by atoms with Gasteiger partial charge in [0, 0.05) is 12.8 Å². The molecule has 0 spiro atoms. The Bertz CT molecular complexity index is 877. The molecule has 196 valence electrons. The average Bonchev–Trinajstić information content (AvgIpc) is 3.17. The van der Waals surface area contributed by atoms with Crippen LogP contribution in [0.3, 0.4) is 0 Å². The Kier molecular flexibility index (Phi) is 9.22. The van der Waals surface area contributed by atoms with Crippen LogP contribution in [-0.2, 0) is 9.53 Å². The molecule has 0 heterocycles. The van der Waals surface area contributed by atoms with Crippen LogP contribution in [-0.4, -0.2) is 45.2 Å². The lowest BCUT2D eigenvalue weighted by atomic mass is 9.63. The molecule has 0 saturated heterocycles. The summed E-state index contributed by atoms with van der Waals surface area (Å²) in [5.41, 5.74) is 3.55. The zero-order valence-electron chi connectivity index (χ0n) is 22.2. The first-order valence-corrected chi connectivity index (χ1v) is 13.6. The zero-order valence-corrected chi connectivity index (χ0v) is 22.2. The molecule has 2 fully saturated rings. The number of esters is 1. The summed E-state index contributed by atoms with van der Waals surface area (Å²) < 4.78 is 5.87. The van der Waals surface area contributed by atoms with E-state index in [1.54, 1.807) is 0 Å². The van der Waals surface area contributed by atoms with Crippen LogP contribution in [0.2, 0.25) is 0 Å². The Balaban J connectivity index is 1.63. The third-order valence-corrected chi connectivity index (χ3v) is 8.96. The van der Waals surface area contributed by atoms with Gasteiger partial charge in [0.1, 0.15) is 6.10 Å². The molecule has 3 rings (SSSR count). The van der Waals surface area contributed by atoms with E-state index in [1.165, 1.54) is 11.1 Å². The number of ether oxygens (including phenoxy) is 1. The fourth-order valence-corrected chi connectivity index (χ4v) is 6.43. The van der Waals surface area contributed by atoms with Crippen molar-refractivity contribution in [3.8, 4) is 0 Å². The van der Waals surface area contributed by atoms with Gasteiger partial charge in [0.15, 0.2) is 0 Å². The van der Waals surface area contributed by atoms with E-state index in [0.717, 1.165) is 31.3 Å². The highest BCUT2D eigenvalue weighted by molar-refractivity contribution is 5.69. The monoisotopic (exact) mass is 486 g/mol. The smallest absolute Gasteiger partial charge is 0.306 e. The summed E-state index contributed by atoms with van der Waals surface area (Å²) in [6.07, 6.45) is 13.1. The second kappa shape index (κ2) is 11.6. The van der Waals surface area contributed by atoms with Crippen molar-refractivity contribution in [3.05, 3.63) is 47.1 Å². The highest BCUT2D eigenvalue weighted by atomic mass is 16.5. The maximum Gasteiger partial charge on any atom is 0.306 e. The molecule has 5 heteroatoms. The Labute approximate surface area is 211 Å². The van der Waals surface area contributed by atoms with E-state index in [1.807, 2.05) is 26.8 Å². The second-order valence-corrected chi connectivity index (χ2v) is 11.2. The van der Waals surface area contributed by atoms with Gasteiger partial charge in [-0.15, -0.1) is 0 Å². The van der Waals surface area contributed by atoms with Crippen molar-refractivity contribution >= 4 is 5.97 Å². The summed E-state index contributed by atoms with van der Waals surface area (Å²) in [5, 5.41) is 30.7. The maximum atomic E-state index is 12.6. The highest BCUT2D eigenvalue weighted by Gasteiger charge is 2.47. The van der Waals surface area contributed by atoms with Crippen LogP contribution in [0.5, 0.6) is 0 Å². The first kappa shape index (κ1) is 27.9. The van der Waals surface area contributed by atoms with Crippen LogP contribution in [0.1, 0.15) is 98.3 Å². The minimum Gasteiger partial charge on any atom is -0.458 e. The van der Waals surface area contributed by atoms with Gasteiger partial charge in [0.05, 0.1) is 17.8 Å². The molecule has 0 amide bonds. The quantitative estimate of drug-likeness (QED) is 0.287. The molecule has 0 aromatic rings. The topological polar surface area (TPSA) is 87.0 Å². The van der Waals surface area contributed by atoms with Crippen LogP contribution in [0.4, 0.5) is 0 Å². The minimum atomic E-state index is -0.680. The number of rotatable bonds is 9. The second-order valence-electron chi connectivity index (χ2n) is 11.2. The molecule has 5 nitrogen and oxygen atoms in total. The lowest BCUT2D eigenvalue weighted by molar-refractivity contribution is -0.147. The molecule has 3 aliphatic carbocycles. The Morgan fingerprint density at radius 2 is 2.03 bits per heavy atom. The van der Waals surface area contributed by atoms with Gasteiger partial charge < -0.3 is 20.1 Å². The van der Waals surface area contributed by atoms with Gasteiger partial charge in [-0.1, -0.05) is 51.2 Å². The molecular formula is C30H46O5. The van der Waals surface area contributed by atoms with Crippen molar-refractivity contribution in [1.82, 2.24) is 0 Å². The zero-order chi connectivity index (χ0) is 25.8. The number of fused-ring (bicyclic) bond motifs is 1. The van der Waals surface area contributed by atoms with E-state index < -0.39 is 17.8 Å². The van der Waals surface area contributed by atoms with Gasteiger partial charge in [0.2, 0.25) is 0 Å². The lowest BCUT2D eigenvalue weighted by Crippen LogP contribution is -2.35. The third-order valence-electron chi connectivity index (χ3n) is 8.96. The fraction of sp³-hybridized carbons (Fsp3) is 0.700. The van der Waals surface area contributed by atoms with Gasteiger partial charge >= 0.3 is 5.97 Å². The molecule has 0 aromatic carbocycles. The lowest BCUT2D eigenvalue weighted by Gasteiger charge is -2.42. The number of hydrogen-bond donors (Lipinski definition) is 3. The largest absolute Gasteiger partial charge is 0.458 e. The summed E-state index contributed by atoms with van der Waals surface area (Å²) in [4.78, 5) is 12.6. The molecule has 0 radical (unpaired) electrons. The molecule has 0 unspecified atom stereocenters. The van der Waals surface area contributed by atoms with Gasteiger partial charge in [-0.3, -0.25) is 4.79 Å². The van der Waals surface area contributed by atoms with E-state index in [0.29, 0.717) is 56.4 Å². The Hall–Kier alpha value is -1.69. The van der Waals surface area contributed by atoms with Crippen molar-refractivity contribution in [1.29, 1.82) is 0 Å². The van der Waals surface area contributed by atoms with E-state index >= 15 is 0 Å². The van der Waals surface area contributed by atoms with Crippen molar-refractivity contribution in [2.24, 2.45) is 11.3 Å². The van der Waals surface area contributed by atoms with Crippen molar-refractivity contribution in [2.75, 3.05) is 0 Å². The van der Waals surface area contributed by atoms with Crippen molar-refractivity contribution < 1.29 is 24.9 Å². The van der Waals surface area contributed by atoms with E-state index in [9.17, 15) is 20.1 Å². The van der Waals surface area contributed by atoms with E-state index in [2.05, 4.69) is 25.7 Å². The molecular weight excluding hydrogens is 440 g/mol. The normalized spacial score (nSPS) is 32.5. The van der Waals surface area contributed by atoms with Crippen LogP contribution < -0.4 is 0 Å². The molecule has 0 aliphatic heterocycles. The summed E-state index contributed by atoms with van der Waals surface area (Å²) in [5.74, 6) is 0.185. The molecule has 3 aliphatic rings. The highest BCUT2D eigenvalue weighted by Crippen LogP contribution is 2.55. The SMILES string of the molecule is C=C1/C(=C\C=C2/CCC[C@]3(C)C([C@H](C)OC(=O)CCCC(O)(CC)CC)=CC[C@@H]23)C[C@@H](O)C[C@@H]1O. The van der Waals surface area contributed by atoms with Gasteiger partial charge in [-0.05, 0) is 92.8 Å². The standard InChI is InChI=1S/C30H46O5/c1-6-30(34,7-2)17-9-11-28(33)35-21(4)25-14-15-26-22(10-8-16-29(25,26)5)12-13-23-18-24(31)19-27(32)20(23)3/h12-14,21,24,26-27,31-32,34H,3,6-11,15-19H2,1-2,4-5H3/b22-12+,23-13-/t21-,24+,26-,27-,29+/m0/s1. The Morgan fingerprint density at radius 1 is 1.31 bits per heavy atom. The van der Waals surface area contributed by atoms with E-state index in [-0.39, 0.29) is 17.5 Å². The van der Waals surface area contributed by atoms with Crippen LogP contribution in [0.25, 0.3) is 0 Å². The predicted molar refractivity (Wildman–Crippen MR) is 140 cm³/mol. The maximum absolute atomic E-state index is 12.6. The summed E-state index contributed by atoms with van der Waals surface area (Å²) in [7, 11) is 0. The van der Waals surface area contributed by atoms with Gasteiger partial charge in [-0.2, -0.15) is 0 Å². The first-order chi connectivity index (χ1) is 16.5. The first-order valence-electron chi connectivity index (χ1n) is 13.6. The number of aliphatic hydroxyl groups excluding tert-OH is 2. The van der Waals surface area contributed by atoms with Crippen LogP contribution >= 0.6 is 0 Å². The van der Waals surface area contributed by atoms with Crippen molar-refractivity contribution in [2.45, 2.75) is 122 Å². The van der Waals surface area contributed by atoms with Gasteiger partial charge in [-0.25, -0.2) is 0 Å². The number of hydrogen-bond acceptors (Lipinski definition) is 5. The molecule has 5 atom stereocenters. The van der Waals surface area contributed by atoms with Crippen LogP contribution in [0.15, 0.2) is 47.1 Å².